The third kappa shape index (κ3) is 4.05. The van der Waals surface area contributed by atoms with Crippen LogP contribution in [0.2, 0.25) is 0 Å². The summed E-state index contributed by atoms with van der Waals surface area (Å²) in [5.74, 6) is -1.88. The van der Waals surface area contributed by atoms with Crippen LogP contribution >= 0.6 is 0 Å². The number of imide groups is 1. The minimum Gasteiger partial charge on any atom is -0.319 e. The molecule has 2 aromatic carbocycles. The van der Waals surface area contributed by atoms with Crippen molar-refractivity contribution < 1.29 is 19.2 Å². The molecule has 11 heteroatoms. The number of amides is 4. The largest absolute Gasteiger partial charge is 0.319 e. The summed E-state index contributed by atoms with van der Waals surface area (Å²) in [5.41, 5.74) is 2.81. The summed E-state index contributed by atoms with van der Waals surface area (Å²) in [6.45, 7) is 4.06. The Morgan fingerprint density at radius 3 is 2.14 bits per heavy atom. The van der Waals surface area contributed by atoms with Crippen molar-refractivity contribution in [3.63, 3.8) is 0 Å². The number of aryl methyl sites for hydroxylation is 2. The maximum Gasteiger partial charge on any atom is 0.276 e. The first-order chi connectivity index (χ1) is 17.8. The van der Waals surface area contributed by atoms with E-state index in [0.717, 1.165) is 10.6 Å². The van der Waals surface area contributed by atoms with Gasteiger partial charge in [-0.1, -0.05) is 18.2 Å². The molecule has 186 valence electrons. The summed E-state index contributed by atoms with van der Waals surface area (Å²) in [6, 6.07) is 12.8. The highest BCUT2D eigenvalue weighted by atomic mass is 16.2. The van der Waals surface area contributed by atoms with Gasteiger partial charge >= 0.3 is 0 Å². The molecule has 0 saturated carbocycles. The summed E-state index contributed by atoms with van der Waals surface area (Å²) in [7, 11) is 1.77. The van der Waals surface area contributed by atoms with Crippen molar-refractivity contribution in [1.82, 2.24) is 19.6 Å². The monoisotopic (exact) mass is 497 g/mol. The van der Waals surface area contributed by atoms with Gasteiger partial charge in [0.05, 0.1) is 46.3 Å². The SMILES string of the molecule is CCn1ncc(NC(=O)c2cccc(N3C(=O)c4ccccc4C3=O)c2)c1C(=O)Nc1cnn(C)c1C. The molecule has 0 unspecified atom stereocenters. The van der Waals surface area contributed by atoms with Gasteiger partial charge in [-0.05, 0) is 44.2 Å². The molecule has 0 radical (unpaired) electrons. The molecule has 0 atom stereocenters. The van der Waals surface area contributed by atoms with E-state index in [4.69, 9.17) is 0 Å². The third-order valence-electron chi connectivity index (χ3n) is 6.25. The smallest absolute Gasteiger partial charge is 0.276 e. The van der Waals surface area contributed by atoms with Gasteiger partial charge in [0, 0.05) is 19.2 Å². The summed E-state index contributed by atoms with van der Waals surface area (Å²) < 4.78 is 3.11. The average Bonchev–Trinajstić information content (AvgIpc) is 3.54. The second kappa shape index (κ2) is 9.19. The first kappa shape index (κ1) is 23.7. The van der Waals surface area contributed by atoms with Crippen LogP contribution < -0.4 is 15.5 Å². The van der Waals surface area contributed by atoms with Crippen LogP contribution in [-0.4, -0.2) is 43.2 Å². The standard InChI is InChI=1S/C26H23N7O4/c1-4-32-22(24(35)29-20-13-27-31(3)15(20)2)21(14-28-32)30-23(34)16-8-7-9-17(12-16)33-25(36)18-10-5-6-11-19(18)26(33)37/h5-14H,4H2,1-3H3,(H,29,35)(H,30,34). The average molecular weight is 498 g/mol. The zero-order chi connectivity index (χ0) is 26.3. The van der Waals surface area contributed by atoms with Crippen LogP contribution in [0.15, 0.2) is 60.9 Å². The van der Waals surface area contributed by atoms with Gasteiger partial charge in [-0.15, -0.1) is 0 Å². The summed E-state index contributed by atoms with van der Waals surface area (Å²) in [6.07, 6.45) is 2.95. The van der Waals surface area contributed by atoms with Crippen molar-refractivity contribution in [3.05, 3.63) is 89.0 Å². The van der Waals surface area contributed by atoms with Gasteiger partial charge in [0.15, 0.2) is 0 Å². The number of aromatic nitrogens is 4. The van der Waals surface area contributed by atoms with Crippen molar-refractivity contribution in [3.8, 4) is 0 Å². The van der Waals surface area contributed by atoms with E-state index in [1.165, 1.54) is 16.9 Å². The zero-order valence-electron chi connectivity index (χ0n) is 20.3. The lowest BCUT2D eigenvalue weighted by Gasteiger charge is -2.15. The van der Waals surface area contributed by atoms with Crippen LogP contribution in [0.3, 0.4) is 0 Å². The molecule has 37 heavy (non-hydrogen) atoms. The topological polar surface area (TPSA) is 131 Å². The Morgan fingerprint density at radius 2 is 1.51 bits per heavy atom. The van der Waals surface area contributed by atoms with Crippen LogP contribution in [0.1, 0.15) is 54.2 Å². The lowest BCUT2D eigenvalue weighted by atomic mass is 10.1. The molecule has 2 aromatic heterocycles. The van der Waals surface area contributed by atoms with Crippen LogP contribution in [0.4, 0.5) is 17.1 Å². The number of hydrogen-bond acceptors (Lipinski definition) is 6. The molecule has 4 aromatic rings. The molecule has 1 aliphatic rings. The van der Waals surface area contributed by atoms with Crippen molar-refractivity contribution in [2.45, 2.75) is 20.4 Å². The quantitative estimate of drug-likeness (QED) is 0.393. The minimum atomic E-state index is -0.527. The maximum atomic E-state index is 13.2. The summed E-state index contributed by atoms with van der Waals surface area (Å²) in [5, 5.41) is 13.9. The predicted octanol–water partition coefficient (Wildman–Crippen LogP) is 3.25. The van der Waals surface area contributed by atoms with E-state index in [1.807, 2.05) is 13.8 Å². The predicted molar refractivity (Wildman–Crippen MR) is 136 cm³/mol. The lowest BCUT2D eigenvalue weighted by molar-refractivity contribution is 0.0922. The minimum absolute atomic E-state index is 0.176. The van der Waals surface area contributed by atoms with E-state index in [2.05, 4.69) is 20.8 Å². The van der Waals surface area contributed by atoms with Gasteiger partial charge < -0.3 is 10.6 Å². The second-order valence-electron chi connectivity index (χ2n) is 8.44. The van der Waals surface area contributed by atoms with Gasteiger partial charge in [-0.25, -0.2) is 4.90 Å². The Hall–Kier alpha value is -5.06. The number of rotatable bonds is 6. The number of hydrogen-bond donors (Lipinski definition) is 2. The molecule has 0 spiro atoms. The Bertz CT molecular complexity index is 1550. The maximum absolute atomic E-state index is 13.2. The lowest BCUT2D eigenvalue weighted by Crippen LogP contribution is -2.29. The van der Waals surface area contributed by atoms with Gasteiger partial charge in [-0.3, -0.25) is 28.5 Å². The number of anilines is 3. The van der Waals surface area contributed by atoms with Crippen LogP contribution in [0.25, 0.3) is 0 Å². The molecule has 5 rings (SSSR count). The molecule has 4 amide bonds. The van der Waals surface area contributed by atoms with Crippen molar-refractivity contribution >= 4 is 40.7 Å². The summed E-state index contributed by atoms with van der Waals surface area (Å²) in [4.78, 5) is 53.0. The molecule has 1 aliphatic heterocycles. The van der Waals surface area contributed by atoms with Crippen molar-refractivity contribution in [2.24, 2.45) is 7.05 Å². The third-order valence-corrected chi connectivity index (χ3v) is 6.25. The molecule has 2 N–H and O–H groups in total. The fourth-order valence-electron chi connectivity index (χ4n) is 4.16. The fourth-order valence-corrected chi connectivity index (χ4v) is 4.16. The number of benzene rings is 2. The Morgan fingerprint density at radius 1 is 0.865 bits per heavy atom. The first-order valence-electron chi connectivity index (χ1n) is 11.5. The second-order valence-corrected chi connectivity index (χ2v) is 8.44. The van der Waals surface area contributed by atoms with E-state index in [-0.39, 0.29) is 22.6 Å². The van der Waals surface area contributed by atoms with E-state index in [9.17, 15) is 19.2 Å². The summed E-state index contributed by atoms with van der Waals surface area (Å²) >= 11 is 0. The Labute approximate surface area is 211 Å². The van der Waals surface area contributed by atoms with E-state index >= 15 is 0 Å². The van der Waals surface area contributed by atoms with Crippen molar-refractivity contribution in [2.75, 3.05) is 15.5 Å². The van der Waals surface area contributed by atoms with E-state index < -0.39 is 23.6 Å². The molecule has 0 fully saturated rings. The number of carbonyl (C=O) groups is 4. The van der Waals surface area contributed by atoms with Gasteiger partial charge in [0.2, 0.25) is 0 Å². The van der Waals surface area contributed by atoms with E-state index in [0.29, 0.717) is 23.4 Å². The fraction of sp³-hybridized carbons (Fsp3) is 0.154. The molecular formula is C26H23N7O4. The molecule has 0 aliphatic carbocycles. The van der Waals surface area contributed by atoms with Crippen LogP contribution in [0, 0.1) is 6.92 Å². The van der Waals surface area contributed by atoms with E-state index in [1.54, 1.807) is 60.4 Å². The highest BCUT2D eigenvalue weighted by Crippen LogP contribution is 2.29. The zero-order valence-corrected chi connectivity index (χ0v) is 20.3. The number of fused-ring (bicyclic) bond motifs is 1. The number of nitrogens with one attached hydrogen (secondary N) is 2. The Kier molecular flexibility index (Phi) is 5.88. The van der Waals surface area contributed by atoms with Crippen molar-refractivity contribution in [1.29, 1.82) is 0 Å². The van der Waals surface area contributed by atoms with Crippen LogP contribution in [0.5, 0.6) is 0 Å². The molecule has 0 bridgehead atoms. The van der Waals surface area contributed by atoms with Gasteiger partial charge in [-0.2, -0.15) is 10.2 Å². The first-order valence-corrected chi connectivity index (χ1v) is 11.5. The Balaban J connectivity index is 1.40. The molecule has 3 heterocycles. The molecule has 0 saturated heterocycles. The number of carbonyl (C=O) groups excluding carboxylic acids is 4. The number of nitrogens with zero attached hydrogens (tertiary/aromatic N) is 5. The van der Waals surface area contributed by atoms with Gasteiger partial charge in [0.1, 0.15) is 5.69 Å². The molecular weight excluding hydrogens is 474 g/mol. The highest BCUT2D eigenvalue weighted by molar-refractivity contribution is 6.34. The molecule has 11 nitrogen and oxygen atoms in total. The highest BCUT2D eigenvalue weighted by Gasteiger charge is 2.36. The van der Waals surface area contributed by atoms with Crippen LogP contribution in [-0.2, 0) is 13.6 Å². The normalized spacial score (nSPS) is 12.6. The van der Waals surface area contributed by atoms with Gasteiger partial charge in [0.25, 0.3) is 23.6 Å².